The van der Waals surface area contributed by atoms with Gasteiger partial charge >= 0.3 is 12.8 Å². The molecule has 0 saturated carbocycles. The summed E-state index contributed by atoms with van der Waals surface area (Å²) in [4.78, 5) is 13.1. The van der Waals surface area contributed by atoms with Gasteiger partial charge in [0, 0.05) is 5.70 Å². The molecular weight excluding hydrogens is 469 g/mol. The maximum atomic E-state index is 13.3. The van der Waals surface area contributed by atoms with Gasteiger partial charge < -0.3 is 25.4 Å². The van der Waals surface area contributed by atoms with Crippen LogP contribution in [0.2, 0.25) is 0 Å². The fourth-order valence-electron chi connectivity index (χ4n) is 3.33. The lowest BCUT2D eigenvalue weighted by atomic mass is 9.94. The van der Waals surface area contributed by atoms with Gasteiger partial charge in [0.15, 0.2) is 16.6 Å². The third kappa shape index (κ3) is 5.51. The van der Waals surface area contributed by atoms with Crippen molar-refractivity contribution in [1.82, 2.24) is 10.6 Å². The predicted octanol–water partition coefficient (Wildman–Crippen LogP) is 4.75. The first-order valence-electron chi connectivity index (χ1n) is 9.40. The molecule has 0 radical (unpaired) electrons. The number of alkyl halides is 5. The highest BCUT2D eigenvalue weighted by Gasteiger charge is 2.35. The van der Waals surface area contributed by atoms with E-state index in [1.807, 2.05) is 0 Å². The third-order valence-corrected chi connectivity index (χ3v) is 4.95. The van der Waals surface area contributed by atoms with Crippen LogP contribution >= 0.6 is 12.2 Å². The molecule has 0 aliphatic carbocycles. The highest BCUT2D eigenvalue weighted by Crippen LogP contribution is 2.37. The van der Waals surface area contributed by atoms with Crippen LogP contribution in [0.5, 0.6) is 11.5 Å². The van der Waals surface area contributed by atoms with E-state index < -0.39 is 36.0 Å². The van der Waals surface area contributed by atoms with Crippen molar-refractivity contribution in [1.29, 1.82) is 0 Å². The molecule has 0 spiro atoms. The minimum Gasteiger partial charge on any atom is -0.493 e. The third-order valence-electron chi connectivity index (χ3n) is 4.73. The normalized spacial score (nSPS) is 16.2. The fraction of sp³-hybridized carbons (Fsp3) is 0.238. The zero-order valence-corrected chi connectivity index (χ0v) is 18.0. The van der Waals surface area contributed by atoms with Gasteiger partial charge in [0.25, 0.3) is 5.91 Å². The molecule has 3 rings (SSSR count). The smallest absolute Gasteiger partial charge is 0.418 e. The molecule has 2 aromatic carbocycles. The second kappa shape index (κ2) is 9.61. The van der Waals surface area contributed by atoms with Crippen LogP contribution in [-0.2, 0) is 11.0 Å². The molecule has 1 heterocycles. The first kappa shape index (κ1) is 24.2. The summed E-state index contributed by atoms with van der Waals surface area (Å²) in [5, 5.41) is 8.11. The molecule has 1 atom stereocenters. The molecule has 0 unspecified atom stereocenters. The zero-order chi connectivity index (χ0) is 24.3. The van der Waals surface area contributed by atoms with E-state index in [9.17, 15) is 26.7 Å². The van der Waals surface area contributed by atoms with Crippen molar-refractivity contribution in [2.45, 2.75) is 25.8 Å². The Morgan fingerprint density at radius 2 is 1.85 bits per heavy atom. The molecule has 0 fully saturated rings. The van der Waals surface area contributed by atoms with Crippen LogP contribution in [0.4, 0.5) is 27.6 Å². The van der Waals surface area contributed by atoms with Crippen LogP contribution in [0.25, 0.3) is 0 Å². The molecule has 3 N–H and O–H groups in total. The van der Waals surface area contributed by atoms with E-state index in [-0.39, 0.29) is 22.2 Å². The van der Waals surface area contributed by atoms with Crippen molar-refractivity contribution in [2.75, 3.05) is 12.4 Å². The number of rotatable bonds is 6. The Kier molecular flexibility index (Phi) is 7.06. The quantitative estimate of drug-likeness (QED) is 0.404. The predicted molar refractivity (Wildman–Crippen MR) is 114 cm³/mol. The van der Waals surface area contributed by atoms with Crippen LogP contribution in [0.3, 0.4) is 0 Å². The van der Waals surface area contributed by atoms with Crippen molar-refractivity contribution in [3.8, 4) is 11.5 Å². The van der Waals surface area contributed by atoms with Crippen LogP contribution in [0.1, 0.15) is 24.1 Å². The summed E-state index contributed by atoms with van der Waals surface area (Å²) >= 11 is 5.15. The van der Waals surface area contributed by atoms with Crippen LogP contribution in [0.15, 0.2) is 53.7 Å². The van der Waals surface area contributed by atoms with Gasteiger partial charge in [-0.05, 0) is 49.0 Å². The van der Waals surface area contributed by atoms with E-state index in [0.29, 0.717) is 11.3 Å². The zero-order valence-electron chi connectivity index (χ0n) is 17.2. The van der Waals surface area contributed by atoms with Gasteiger partial charge in [0.2, 0.25) is 0 Å². The van der Waals surface area contributed by atoms with Gasteiger partial charge in [-0.2, -0.15) is 22.0 Å². The van der Waals surface area contributed by atoms with E-state index in [2.05, 4.69) is 20.7 Å². The van der Waals surface area contributed by atoms with Gasteiger partial charge in [0.1, 0.15) is 0 Å². The number of amides is 1. The molecule has 1 amide bonds. The van der Waals surface area contributed by atoms with Crippen molar-refractivity contribution in [3.63, 3.8) is 0 Å². The summed E-state index contributed by atoms with van der Waals surface area (Å²) in [5.41, 5.74) is -0.690. The maximum absolute atomic E-state index is 13.3. The number of carbonyl (C=O) groups excluding carboxylic acids is 1. The number of methoxy groups -OCH3 is 1. The summed E-state index contributed by atoms with van der Waals surface area (Å²) < 4.78 is 74.8. The number of nitrogens with one attached hydrogen (secondary N) is 3. The number of halogens is 5. The molecule has 2 aromatic rings. The number of para-hydroxylation sites is 1. The molecule has 0 saturated heterocycles. The standard InChI is InChI=1S/C21H18F5N3O3S/c1-10-16(18(30)28-13-6-4-3-5-12(13)21(24,25)26)17(29-20(33)27-10)11-7-8-14(32-19(22)23)15(9-11)31-2/h3-9,17,19H,1-2H3,(H,28,30)(H2,27,29,33)/t17-/m1/s1. The highest BCUT2D eigenvalue weighted by atomic mass is 32.1. The molecular formula is C21H18F5N3O3S. The summed E-state index contributed by atoms with van der Waals surface area (Å²) in [6.45, 7) is -1.54. The second-order valence-corrected chi connectivity index (χ2v) is 7.26. The van der Waals surface area contributed by atoms with E-state index in [4.69, 9.17) is 17.0 Å². The molecule has 0 aromatic heterocycles. The Labute approximate surface area is 190 Å². The molecule has 33 heavy (non-hydrogen) atoms. The number of hydrogen-bond donors (Lipinski definition) is 3. The average molecular weight is 487 g/mol. The second-order valence-electron chi connectivity index (χ2n) is 6.86. The minimum atomic E-state index is -4.68. The van der Waals surface area contributed by atoms with Gasteiger partial charge in [-0.15, -0.1) is 0 Å². The van der Waals surface area contributed by atoms with E-state index >= 15 is 0 Å². The lowest BCUT2D eigenvalue weighted by Gasteiger charge is -2.31. The summed E-state index contributed by atoms with van der Waals surface area (Å²) in [5.74, 6) is -1.07. The van der Waals surface area contributed by atoms with Crippen molar-refractivity contribution in [2.24, 2.45) is 0 Å². The first-order chi connectivity index (χ1) is 15.5. The Balaban J connectivity index is 1.99. The van der Waals surface area contributed by atoms with Crippen molar-refractivity contribution in [3.05, 3.63) is 64.9 Å². The van der Waals surface area contributed by atoms with E-state index in [0.717, 1.165) is 12.1 Å². The molecule has 12 heteroatoms. The fourth-order valence-corrected chi connectivity index (χ4v) is 3.60. The van der Waals surface area contributed by atoms with E-state index in [1.54, 1.807) is 0 Å². The Morgan fingerprint density at radius 3 is 2.48 bits per heavy atom. The maximum Gasteiger partial charge on any atom is 0.418 e. The number of hydrogen-bond acceptors (Lipinski definition) is 4. The van der Waals surface area contributed by atoms with Crippen molar-refractivity contribution >= 4 is 28.9 Å². The average Bonchev–Trinajstić information content (AvgIpc) is 2.72. The number of carbonyl (C=O) groups is 1. The van der Waals surface area contributed by atoms with Crippen LogP contribution in [0, 0.1) is 0 Å². The van der Waals surface area contributed by atoms with Crippen LogP contribution < -0.4 is 25.4 Å². The van der Waals surface area contributed by atoms with Gasteiger partial charge in [0.05, 0.1) is 30.0 Å². The van der Waals surface area contributed by atoms with Gasteiger partial charge in [-0.1, -0.05) is 18.2 Å². The van der Waals surface area contributed by atoms with Gasteiger partial charge in [-0.3, -0.25) is 4.79 Å². The minimum absolute atomic E-state index is 0.0288. The first-order valence-corrected chi connectivity index (χ1v) is 9.80. The number of thiocarbonyl (C=S) groups is 1. The number of anilines is 1. The van der Waals surface area contributed by atoms with Gasteiger partial charge in [-0.25, -0.2) is 0 Å². The molecule has 1 aliphatic heterocycles. The Morgan fingerprint density at radius 1 is 1.15 bits per heavy atom. The highest BCUT2D eigenvalue weighted by molar-refractivity contribution is 7.80. The Bertz CT molecular complexity index is 1100. The topological polar surface area (TPSA) is 71.6 Å². The summed E-state index contributed by atoms with van der Waals surface area (Å²) in [6.07, 6.45) is -4.68. The number of allylic oxidation sites excluding steroid dienone is 1. The molecule has 1 aliphatic rings. The Hall–Kier alpha value is -3.41. The number of benzene rings is 2. The summed E-state index contributed by atoms with van der Waals surface area (Å²) in [7, 11) is 1.25. The van der Waals surface area contributed by atoms with Crippen molar-refractivity contribution < 1.29 is 36.2 Å². The summed E-state index contributed by atoms with van der Waals surface area (Å²) in [6, 6.07) is 7.67. The molecule has 176 valence electrons. The van der Waals surface area contributed by atoms with E-state index in [1.165, 1.54) is 44.4 Å². The lowest BCUT2D eigenvalue weighted by molar-refractivity contribution is -0.137. The molecule has 6 nitrogen and oxygen atoms in total. The number of ether oxygens (including phenoxy) is 2. The monoisotopic (exact) mass is 487 g/mol. The molecule has 0 bridgehead atoms. The largest absolute Gasteiger partial charge is 0.493 e. The van der Waals surface area contributed by atoms with Crippen LogP contribution in [-0.4, -0.2) is 24.7 Å². The SMILES string of the molecule is COc1cc([C@H]2NC(=S)NC(C)=C2C(=O)Nc2ccccc2C(F)(F)F)ccc1OC(F)F. The lowest BCUT2D eigenvalue weighted by Crippen LogP contribution is -2.45.